The first-order valence-electron chi connectivity index (χ1n) is 6.85. The highest BCUT2D eigenvalue weighted by molar-refractivity contribution is 5.95. The Labute approximate surface area is 126 Å². The molecule has 22 heavy (non-hydrogen) atoms. The topological polar surface area (TPSA) is 80.0 Å². The second kappa shape index (κ2) is 5.55. The van der Waals surface area contributed by atoms with Gasteiger partial charge in [-0.25, -0.2) is 4.79 Å². The zero-order valence-corrected chi connectivity index (χ0v) is 12.0. The Morgan fingerprint density at radius 1 is 1.27 bits per heavy atom. The maximum atomic E-state index is 12.4. The molecule has 0 fully saturated rings. The lowest BCUT2D eigenvalue weighted by atomic mass is 9.99. The lowest BCUT2D eigenvalue weighted by Gasteiger charge is -2.28. The summed E-state index contributed by atoms with van der Waals surface area (Å²) in [5.74, 6) is -0.625. The number of carbonyl (C=O) groups excluding carboxylic acids is 1. The Morgan fingerprint density at radius 3 is 2.77 bits per heavy atom. The van der Waals surface area contributed by atoms with E-state index in [2.05, 4.69) is 0 Å². The van der Waals surface area contributed by atoms with E-state index < -0.39 is 5.97 Å². The molecule has 0 saturated heterocycles. The molecule has 0 radical (unpaired) electrons. The number of fused-ring (bicyclic) bond motifs is 1. The largest absolute Gasteiger partial charge is 0.497 e. The molecule has 1 aliphatic heterocycles. The second-order valence-corrected chi connectivity index (χ2v) is 5.12. The number of amides is 1. The van der Waals surface area contributed by atoms with Crippen LogP contribution in [0.15, 0.2) is 34.9 Å². The van der Waals surface area contributed by atoms with Crippen LogP contribution in [-0.4, -0.2) is 35.5 Å². The lowest BCUT2D eigenvalue weighted by molar-refractivity contribution is 0.0690. The fraction of sp³-hybridized carbons (Fsp3) is 0.250. The van der Waals surface area contributed by atoms with Crippen LogP contribution in [0.25, 0.3) is 0 Å². The Morgan fingerprint density at radius 2 is 2.09 bits per heavy atom. The molecule has 1 N–H and O–H groups in total. The number of hydrogen-bond donors (Lipinski definition) is 1. The third-order valence-corrected chi connectivity index (χ3v) is 3.77. The van der Waals surface area contributed by atoms with Gasteiger partial charge in [-0.15, -0.1) is 0 Å². The van der Waals surface area contributed by atoms with Crippen molar-refractivity contribution in [2.45, 2.75) is 13.0 Å². The number of carboxylic acid groups (broad SMARTS) is 1. The number of furan rings is 1. The van der Waals surface area contributed by atoms with Crippen molar-refractivity contribution in [3.05, 3.63) is 53.0 Å². The molecule has 2 heterocycles. The first-order chi connectivity index (χ1) is 10.6. The van der Waals surface area contributed by atoms with Crippen molar-refractivity contribution in [2.75, 3.05) is 13.7 Å². The smallest absolute Gasteiger partial charge is 0.338 e. The normalized spacial score (nSPS) is 13.6. The van der Waals surface area contributed by atoms with E-state index in [-0.39, 0.29) is 17.2 Å². The number of nitrogens with zero attached hydrogens (tertiary/aromatic N) is 1. The molecule has 6 nitrogen and oxygen atoms in total. The summed E-state index contributed by atoms with van der Waals surface area (Å²) in [6.07, 6.45) is 1.83. The van der Waals surface area contributed by atoms with E-state index in [1.165, 1.54) is 11.6 Å². The predicted molar refractivity (Wildman–Crippen MR) is 77.1 cm³/mol. The van der Waals surface area contributed by atoms with Gasteiger partial charge in [0.2, 0.25) is 0 Å². The van der Waals surface area contributed by atoms with Gasteiger partial charge in [-0.05, 0) is 29.7 Å². The molecule has 1 aromatic carbocycles. The average molecular weight is 301 g/mol. The van der Waals surface area contributed by atoms with Crippen molar-refractivity contribution in [3.8, 4) is 5.75 Å². The lowest BCUT2D eigenvalue weighted by Crippen LogP contribution is -2.35. The van der Waals surface area contributed by atoms with Gasteiger partial charge in [-0.2, -0.15) is 0 Å². The molecular weight excluding hydrogens is 286 g/mol. The summed E-state index contributed by atoms with van der Waals surface area (Å²) in [4.78, 5) is 24.9. The van der Waals surface area contributed by atoms with Crippen molar-refractivity contribution in [2.24, 2.45) is 0 Å². The molecule has 0 spiro atoms. The Hall–Kier alpha value is -2.76. The summed E-state index contributed by atoms with van der Waals surface area (Å²) < 4.78 is 10.3. The van der Waals surface area contributed by atoms with Gasteiger partial charge >= 0.3 is 5.97 Å². The van der Waals surface area contributed by atoms with E-state index in [1.807, 2.05) is 18.2 Å². The van der Waals surface area contributed by atoms with E-state index in [9.17, 15) is 9.59 Å². The fourth-order valence-corrected chi connectivity index (χ4v) is 2.55. The van der Waals surface area contributed by atoms with Crippen LogP contribution < -0.4 is 4.74 Å². The van der Waals surface area contributed by atoms with Crippen LogP contribution >= 0.6 is 0 Å². The van der Waals surface area contributed by atoms with Gasteiger partial charge in [0.25, 0.3) is 5.91 Å². The number of ether oxygens (including phenoxy) is 1. The summed E-state index contributed by atoms with van der Waals surface area (Å²) in [6, 6.07) is 7.08. The van der Waals surface area contributed by atoms with E-state index in [0.717, 1.165) is 24.0 Å². The van der Waals surface area contributed by atoms with E-state index in [1.54, 1.807) is 12.0 Å². The molecule has 0 unspecified atom stereocenters. The first-order valence-corrected chi connectivity index (χ1v) is 6.85. The molecule has 1 aliphatic rings. The monoisotopic (exact) mass is 301 g/mol. The van der Waals surface area contributed by atoms with Crippen LogP contribution in [-0.2, 0) is 13.0 Å². The minimum atomic E-state index is -1.11. The maximum Gasteiger partial charge on any atom is 0.338 e. The Kier molecular flexibility index (Phi) is 3.58. The van der Waals surface area contributed by atoms with Crippen LogP contribution in [0.4, 0.5) is 0 Å². The SMILES string of the molecule is COc1ccc2c(c1)CN(C(=O)c1cc(C(=O)O)co1)CC2. The van der Waals surface area contributed by atoms with Crippen LogP contribution in [0.3, 0.4) is 0 Å². The zero-order valence-electron chi connectivity index (χ0n) is 12.0. The summed E-state index contributed by atoms with van der Waals surface area (Å²) >= 11 is 0. The molecule has 3 rings (SSSR count). The van der Waals surface area contributed by atoms with E-state index >= 15 is 0 Å². The van der Waals surface area contributed by atoms with Crippen molar-refractivity contribution in [3.63, 3.8) is 0 Å². The van der Waals surface area contributed by atoms with Crippen molar-refractivity contribution in [1.82, 2.24) is 4.90 Å². The van der Waals surface area contributed by atoms with Gasteiger partial charge in [0.1, 0.15) is 12.0 Å². The van der Waals surface area contributed by atoms with Gasteiger partial charge in [0.05, 0.1) is 12.7 Å². The fourth-order valence-electron chi connectivity index (χ4n) is 2.55. The number of benzene rings is 1. The first kappa shape index (κ1) is 14.2. The van der Waals surface area contributed by atoms with E-state index in [0.29, 0.717) is 13.1 Å². The molecule has 0 saturated carbocycles. The molecule has 0 atom stereocenters. The van der Waals surface area contributed by atoms with Gasteiger partial charge in [-0.1, -0.05) is 6.07 Å². The van der Waals surface area contributed by atoms with Crippen LogP contribution in [0, 0.1) is 0 Å². The molecule has 6 heteroatoms. The molecule has 2 aromatic rings. The zero-order chi connectivity index (χ0) is 15.7. The molecule has 0 bridgehead atoms. The maximum absolute atomic E-state index is 12.4. The van der Waals surface area contributed by atoms with Crippen LogP contribution in [0.2, 0.25) is 0 Å². The highest BCUT2D eigenvalue weighted by Crippen LogP contribution is 2.25. The number of aromatic carboxylic acids is 1. The summed E-state index contributed by atoms with van der Waals surface area (Å²) in [7, 11) is 1.60. The molecule has 114 valence electrons. The summed E-state index contributed by atoms with van der Waals surface area (Å²) in [6.45, 7) is 1.02. The minimum absolute atomic E-state index is 0.0255. The summed E-state index contributed by atoms with van der Waals surface area (Å²) in [5.41, 5.74) is 2.20. The highest BCUT2D eigenvalue weighted by Gasteiger charge is 2.25. The number of carbonyl (C=O) groups is 2. The van der Waals surface area contributed by atoms with Gasteiger partial charge in [-0.3, -0.25) is 4.79 Å². The molecule has 1 aromatic heterocycles. The Bertz CT molecular complexity index is 734. The van der Waals surface area contributed by atoms with Gasteiger partial charge in [0.15, 0.2) is 5.76 Å². The number of rotatable bonds is 3. The molecule has 1 amide bonds. The van der Waals surface area contributed by atoms with Crippen molar-refractivity contribution < 1.29 is 23.8 Å². The Balaban J connectivity index is 1.80. The highest BCUT2D eigenvalue weighted by atomic mass is 16.5. The molecular formula is C16H15NO5. The second-order valence-electron chi connectivity index (χ2n) is 5.12. The van der Waals surface area contributed by atoms with Crippen LogP contribution in [0.1, 0.15) is 32.0 Å². The van der Waals surface area contributed by atoms with Crippen LogP contribution in [0.5, 0.6) is 5.75 Å². The van der Waals surface area contributed by atoms with Crippen molar-refractivity contribution in [1.29, 1.82) is 0 Å². The standard InChI is InChI=1S/C16H15NO5/c1-21-13-3-2-10-4-5-17(8-11(10)6-13)15(18)14-7-12(9-22-14)16(19)20/h2-3,6-7,9H,4-5,8H2,1H3,(H,19,20). The average Bonchev–Trinajstić information content (AvgIpc) is 3.03. The van der Waals surface area contributed by atoms with Crippen molar-refractivity contribution >= 4 is 11.9 Å². The third-order valence-electron chi connectivity index (χ3n) is 3.77. The number of carboxylic acids is 1. The van der Waals surface area contributed by atoms with E-state index in [4.69, 9.17) is 14.3 Å². The third kappa shape index (κ3) is 2.55. The quantitative estimate of drug-likeness (QED) is 0.940. The minimum Gasteiger partial charge on any atom is -0.497 e. The number of hydrogen-bond acceptors (Lipinski definition) is 4. The van der Waals surface area contributed by atoms with Gasteiger partial charge in [0, 0.05) is 19.2 Å². The molecule has 0 aliphatic carbocycles. The van der Waals surface area contributed by atoms with Gasteiger partial charge < -0.3 is 19.2 Å². The summed E-state index contributed by atoms with van der Waals surface area (Å²) in [5, 5.41) is 8.88. The number of methoxy groups -OCH3 is 1. The predicted octanol–water partition coefficient (Wildman–Crippen LogP) is 2.18.